The molecule has 0 bridgehead atoms. The average molecular weight is 317 g/mol. The number of nitrogens with one attached hydrogen (secondary N) is 1. The van der Waals surface area contributed by atoms with Crippen molar-refractivity contribution in [2.75, 3.05) is 26.2 Å². The van der Waals surface area contributed by atoms with Crippen molar-refractivity contribution in [2.45, 2.75) is 12.2 Å². The van der Waals surface area contributed by atoms with Crippen LogP contribution in [0.4, 0.5) is 22.0 Å². The summed E-state index contributed by atoms with van der Waals surface area (Å²) in [6, 6.07) is 0.163. The van der Waals surface area contributed by atoms with Crippen LogP contribution in [0.2, 0.25) is 0 Å². The molecule has 0 spiro atoms. The van der Waals surface area contributed by atoms with Gasteiger partial charge in [-0.3, -0.25) is 4.90 Å². The molecule has 0 amide bonds. The number of piperazine rings is 1. The summed E-state index contributed by atoms with van der Waals surface area (Å²) < 4.78 is 65.9. The first-order valence-corrected chi connectivity index (χ1v) is 5.86. The van der Waals surface area contributed by atoms with Gasteiger partial charge in [0.1, 0.15) is 17.7 Å². The summed E-state index contributed by atoms with van der Waals surface area (Å²) in [6.07, 6.45) is -4.60. The van der Waals surface area contributed by atoms with E-state index in [9.17, 15) is 22.0 Å². The van der Waals surface area contributed by atoms with E-state index in [0.717, 1.165) is 17.0 Å². The maximum Gasteiger partial charge on any atom is 0.408 e. The van der Waals surface area contributed by atoms with Crippen LogP contribution in [0.1, 0.15) is 11.6 Å². The molecule has 1 aliphatic rings. The van der Waals surface area contributed by atoms with E-state index in [1.54, 1.807) is 0 Å². The predicted molar refractivity (Wildman–Crippen MR) is 66.8 cm³/mol. The normalized spacial score (nSPS) is 18.4. The van der Waals surface area contributed by atoms with E-state index in [2.05, 4.69) is 5.32 Å². The van der Waals surface area contributed by atoms with Gasteiger partial charge in [0, 0.05) is 37.8 Å². The van der Waals surface area contributed by atoms with Crippen molar-refractivity contribution < 1.29 is 22.0 Å². The zero-order valence-corrected chi connectivity index (χ0v) is 11.2. The zero-order chi connectivity index (χ0) is 14.0. The summed E-state index contributed by atoms with van der Waals surface area (Å²) in [6.45, 7) is 1.16. The van der Waals surface area contributed by atoms with Gasteiger partial charge >= 0.3 is 6.18 Å². The van der Waals surface area contributed by atoms with Gasteiger partial charge in [0.25, 0.3) is 0 Å². The molecule has 1 aromatic rings. The highest BCUT2D eigenvalue weighted by molar-refractivity contribution is 5.85. The van der Waals surface area contributed by atoms with Crippen LogP contribution in [-0.4, -0.2) is 37.3 Å². The van der Waals surface area contributed by atoms with Crippen molar-refractivity contribution in [3.05, 3.63) is 35.4 Å². The molecule has 8 heteroatoms. The van der Waals surface area contributed by atoms with Crippen LogP contribution in [0.5, 0.6) is 0 Å². The second-order valence-corrected chi connectivity index (χ2v) is 4.40. The molecule has 2 nitrogen and oxygen atoms in total. The van der Waals surface area contributed by atoms with Crippen LogP contribution in [0, 0.1) is 11.6 Å². The van der Waals surface area contributed by atoms with E-state index < -0.39 is 29.4 Å². The summed E-state index contributed by atoms with van der Waals surface area (Å²) in [5.74, 6) is -2.05. The van der Waals surface area contributed by atoms with Gasteiger partial charge in [0.15, 0.2) is 0 Å². The van der Waals surface area contributed by atoms with E-state index in [1.165, 1.54) is 0 Å². The predicted octanol–water partition coefficient (Wildman–Crippen LogP) is 2.90. The number of hydrogen-bond donors (Lipinski definition) is 1. The zero-order valence-electron chi connectivity index (χ0n) is 10.4. The van der Waals surface area contributed by atoms with E-state index in [1.807, 2.05) is 0 Å². The Morgan fingerprint density at radius 2 is 1.70 bits per heavy atom. The number of halogens is 6. The molecule has 2 rings (SSSR count). The highest BCUT2D eigenvalue weighted by Crippen LogP contribution is 2.38. The largest absolute Gasteiger partial charge is 0.408 e. The number of alkyl halides is 3. The van der Waals surface area contributed by atoms with E-state index in [-0.39, 0.29) is 25.5 Å². The summed E-state index contributed by atoms with van der Waals surface area (Å²) in [4.78, 5) is 1.16. The molecular formula is C12H14ClF5N2. The molecule has 1 N–H and O–H groups in total. The van der Waals surface area contributed by atoms with E-state index >= 15 is 0 Å². The first-order chi connectivity index (χ1) is 8.89. The number of benzene rings is 1. The molecule has 20 heavy (non-hydrogen) atoms. The van der Waals surface area contributed by atoms with Crippen molar-refractivity contribution in [2.24, 2.45) is 0 Å². The lowest BCUT2D eigenvalue weighted by Gasteiger charge is -2.36. The summed E-state index contributed by atoms with van der Waals surface area (Å²) in [5.41, 5.74) is -0.532. The quantitative estimate of drug-likeness (QED) is 0.844. The van der Waals surface area contributed by atoms with Crippen LogP contribution in [-0.2, 0) is 0 Å². The van der Waals surface area contributed by atoms with Crippen molar-refractivity contribution in [3.8, 4) is 0 Å². The highest BCUT2D eigenvalue weighted by Gasteiger charge is 2.46. The summed E-state index contributed by atoms with van der Waals surface area (Å²) in [7, 11) is 0. The minimum Gasteiger partial charge on any atom is -0.314 e. The Morgan fingerprint density at radius 1 is 1.10 bits per heavy atom. The second kappa shape index (κ2) is 6.69. The van der Waals surface area contributed by atoms with Gasteiger partial charge < -0.3 is 5.32 Å². The summed E-state index contributed by atoms with van der Waals surface area (Å²) >= 11 is 0. The Morgan fingerprint density at radius 3 is 2.20 bits per heavy atom. The molecule has 0 saturated carbocycles. The lowest BCUT2D eigenvalue weighted by molar-refractivity contribution is -0.188. The van der Waals surface area contributed by atoms with Crippen LogP contribution in [0.3, 0.4) is 0 Å². The second-order valence-electron chi connectivity index (χ2n) is 4.40. The first kappa shape index (κ1) is 17.1. The lowest BCUT2D eigenvalue weighted by Crippen LogP contribution is -2.49. The Kier molecular flexibility index (Phi) is 5.73. The monoisotopic (exact) mass is 316 g/mol. The van der Waals surface area contributed by atoms with Gasteiger partial charge in [0.2, 0.25) is 0 Å². The van der Waals surface area contributed by atoms with Crippen molar-refractivity contribution in [1.82, 2.24) is 10.2 Å². The number of hydrogen-bond acceptors (Lipinski definition) is 2. The molecule has 114 valence electrons. The molecule has 0 radical (unpaired) electrons. The first-order valence-electron chi connectivity index (χ1n) is 5.86. The molecule has 1 saturated heterocycles. The van der Waals surface area contributed by atoms with Crippen LogP contribution < -0.4 is 5.32 Å². The fraction of sp³-hybridized carbons (Fsp3) is 0.500. The van der Waals surface area contributed by atoms with E-state index in [0.29, 0.717) is 19.2 Å². The highest BCUT2D eigenvalue weighted by atomic mass is 35.5. The Labute approximate surface area is 119 Å². The van der Waals surface area contributed by atoms with Gasteiger partial charge in [-0.15, -0.1) is 12.4 Å². The van der Waals surface area contributed by atoms with Gasteiger partial charge in [-0.2, -0.15) is 13.2 Å². The van der Waals surface area contributed by atoms with Gasteiger partial charge in [-0.05, 0) is 6.07 Å². The maximum absolute atomic E-state index is 13.6. The van der Waals surface area contributed by atoms with Crippen molar-refractivity contribution >= 4 is 12.4 Å². The summed E-state index contributed by atoms with van der Waals surface area (Å²) in [5, 5.41) is 2.93. The Balaban J connectivity index is 0.00000200. The fourth-order valence-electron chi connectivity index (χ4n) is 2.24. The Bertz CT molecular complexity index is 446. The van der Waals surface area contributed by atoms with Crippen LogP contribution in [0.25, 0.3) is 0 Å². The van der Waals surface area contributed by atoms with Crippen molar-refractivity contribution in [1.29, 1.82) is 0 Å². The third kappa shape index (κ3) is 3.80. The fourth-order valence-corrected chi connectivity index (χ4v) is 2.24. The van der Waals surface area contributed by atoms with Gasteiger partial charge in [-0.1, -0.05) is 6.07 Å². The topological polar surface area (TPSA) is 15.3 Å². The maximum atomic E-state index is 13.6. The molecule has 1 heterocycles. The van der Waals surface area contributed by atoms with Crippen LogP contribution >= 0.6 is 12.4 Å². The number of rotatable bonds is 2. The smallest absolute Gasteiger partial charge is 0.314 e. The molecule has 1 unspecified atom stereocenters. The molecule has 1 atom stereocenters. The minimum absolute atomic E-state index is 0. The molecule has 1 aliphatic heterocycles. The Hall–Kier alpha value is -0.920. The van der Waals surface area contributed by atoms with Crippen molar-refractivity contribution in [3.63, 3.8) is 0 Å². The average Bonchev–Trinajstić information content (AvgIpc) is 2.32. The third-order valence-electron chi connectivity index (χ3n) is 3.08. The van der Waals surface area contributed by atoms with Crippen LogP contribution in [0.15, 0.2) is 18.2 Å². The molecule has 0 aromatic heterocycles. The molecule has 1 fully saturated rings. The standard InChI is InChI=1S/C12H13F5N2.ClH/c13-8-1-2-9(10(14)7-8)11(12(15,16)17)19-5-3-18-4-6-19;/h1-2,7,11,18H,3-6H2;1H. The minimum atomic E-state index is -4.60. The SMILES string of the molecule is Cl.Fc1ccc(C(N2CCNCC2)C(F)(F)F)c(F)c1. The third-order valence-corrected chi connectivity index (χ3v) is 3.08. The molecule has 0 aliphatic carbocycles. The van der Waals surface area contributed by atoms with Gasteiger partial charge in [-0.25, -0.2) is 8.78 Å². The van der Waals surface area contributed by atoms with E-state index in [4.69, 9.17) is 0 Å². The molecule has 1 aromatic carbocycles. The molecular weight excluding hydrogens is 303 g/mol. The van der Waals surface area contributed by atoms with Gasteiger partial charge in [0.05, 0.1) is 0 Å². The number of nitrogens with zero attached hydrogens (tertiary/aromatic N) is 1. The lowest BCUT2D eigenvalue weighted by atomic mass is 10.0.